The van der Waals surface area contributed by atoms with E-state index in [1.165, 1.54) is 0 Å². The lowest BCUT2D eigenvalue weighted by molar-refractivity contribution is 0.232. The zero-order chi connectivity index (χ0) is 13.1. The second-order valence-electron chi connectivity index (χ2n) is 4.99. The Kier molecular flexibility index (Phi) is 3.62. The van der Waals surface area contributed by atoms with Crippen LogP contribution in [0.1, 0.15) is 0 Å². The van der Waals surface area contributed by atoms with Gasteiger partial charge in [0.25, 0.3) is 5.56 Å². The minimum Gasteiger partial charge on any atom is -0.314 e. The van der Waals surface area contributed by atoms with Gasteiger partial charge in [0.15, 0.2) is 0 Å². The molecule has 0 aliphatic carbocycles. The molecule has 1 aromatic heterocycles. The van der Waals surface area contributed by atoms with Crippen LogP contribution < -0.4 is 10.9 Å². The van der Waals surface area contributed by atoms with Crippen molar-refractivity contribution in [1.29, 1.82) is 0 Å². The summed E-state index contributed by atoms with van der Waals surface area (Å²) in [5, 5.41) is 5.17. The summed E-state index contributed by atoms with van der Waals surface area (Å²) in [4.78, 5) is 14.7. The number of hydrogen-bond donors (Lipinski definition) is 1. The molecule has 2 aromatic rings. The number of nitrogens with one attached hydrogen (secondary N) is 1. The molecule has 1 aromatic carbocycles. The van der Waals surface area contributed by atoms with Crippen molar-refractivity contribution in [3.8, 4) is 0 Å². The normalized spacial score (nSPS) is 16.8. The van der Waals surface area contributed by atoms with Gasteiger partial charge in [-0.2, -0.15) is 0 Å². The average molecular weight is 257 g/mol. The summed E-state index contributed by atoms with van der Waals surface area (Å²) in [6.07, 6.45) is 1.91. The van der Waals surface area contributed by atoms with Gasteiger partial charge in [0.2, 0.25) is 0 Å². The lowest BCUT2D eigenvalue weighted by Crippen LogP contribution is -2.45. The lowest BCUT2D eigenvalue weighted by Gasteiger charge is -2.27. The Labute approximate surface area is 112 Å². The molecule has 2 heterocycles. The van der Waals surface area contributed by atoms with Gasteiger partial charge in [0, 0.05) is 50.9 Å². The number of pyridine rings is 1. The Bertz CT molecular complexity index is 614. The minimum absolute atomic E-state index is 0.119. The SMILES string of the molecule is O=c1c2ccccc2ccn1CCN1CCNCC1. The number of nitrogens with zero attached hydrogens (tertiary/aromatic N) is 2. The fourth-order valence-electron chi connectivity index (χ4n) is 2.59. The van der Waals surface area contributed by atoms with Gasteiger partial charge in [-0.15, -0.1) is 0 Å². The standard InChI is InChI=1S/C15H19N3O/c19-15-14-4-2-1-3-13(14)5-8-18(15)12-11-17-9-6-16-7-10-17/h1-5,8,16H,6-7,9-12H2. The fraction of sp³-hybridized carbons (Fsp3) is 0.400. The highest BCUT2D eigenvalue weighted by atomic mass is 16.1. The molecular formula is C15H19N3O. The van der Waals surface area contributed by atoms with Crippen LogP contribution in [0.4, 0.5) is 0 Å². The van der Waals surface area contributed by atoms with Crippen LogP contribution in [-0.4, -0.2) is 42.2 Å². The second kappa shape index (κ2) is 5.55. The van der Waals surface area contributed by atoms with Gasteiger partial charge in [-0.1, -0.05) is 18.2 Å². The summed E-state index contributed by atoms with van der Waals surface area (Å²) < 4.78 is 1.82. The number of aromatic nitrogens is 1. The fourth-order valence-corrected chi connectivity index (χ4v) is 2.59. The molecule has 0 saturated carbocycles. The quantitative estimate of drug-likeness (QED) is 0.888. The van der Waals surface area contributed by atoms with Gasteiger partial charge < -0.3 is 9.88 Å². The highest BCUT2D eigenvalue weighted by Gasteiger charge is 2.09. The van der Waals surface area contributed by atoms with E-state index in [0.29, 0.717) is 0 Å². The van der Waals surface area contributed by atoms with E-state index in [2.05, 4.69) is 10.2 Å². The molecule has 1 N–H and O–H groups in total. The molecule has 1 aliphatic heterocycles. The van der Waals surface area contributed by atoms with E-state index in [1.807, 2.05) is 41.1 Å². The number of rotatable bonds is 3. The molecular weight excluding hydrogens is 238 g/mol. The van der Waals surface area contributed by atoms with Gasteiger partial charge in [0.05, 0.1) is 0 Å². The highest BCUT2D eigenvalue weighted by Crippen LogP contribution is 2.08. The predicted molar refractivity (Wildman–Crippen MR) is 77.5 cm³/mol. The van der Waals surface area contributed by atoms with Crippen LogP contribution in [0.2, 0.25) is 0 Å². The van der Waals surface area contributed by atoms with Crippen LogP contribution in [0, 0.1) is 0 Å². The zero-order valence-electron chi connectivity index (χ0n) is 11.0. The molecule has 1 fully saturated rings. The maximum absolute atomic E-state index is 12.3. The molecule has 4 nitrogen and oxygen atoms in total. The summed E-state index contributed by atoms with van der Waals surface area (Å²) in [6, 6.07) is 9.79. The van der Waals surface area contributed by atoms with Crippen LogP contribution in [-0.2, 0) is 6.54 Å². The molecule has 100 valence electrons. The van der Waals surface area contributed by atoms with Crippen LogP contribution >= 0.6 is 0 Å². The van der Waals surface area contributed by atoms with E-state index in [9.17, 15) is 4.79 Å². The smallest absolute Gasteiger partial charge is 0.258 e. The van der Waals surface area contributed by atoms with Gasteiger partial charge >= 0.3 is 0 Å². The van der Waals surface area contributed by atoms with Crippen LogP contribution in [0.25, 0.3) is 10.8 Å². The molecule has 1 aliphatic rings. The number of fused-ring (bicyclic) bond motifs is 1. The summed E-state index contributed by atoms with van der Waals surface area (Å²) >= 11 is 0. The summed E-state index contributed by atoms with van der Waals surface area (Å²) in [6.45, 7) is 5.95. The topological polar surface area (TPSA) is 37.3 Å². The Morgan fingerprint density at radius 1 is 1.05 bits per heavy atom. The Morgan fingerprint density at radius 2 is 1.84 bits per heavy atom. The van der Waals surface area contributed by atoms with Gasteiger partial charge in [0.1, 0.15) is 0 Å². The summed E-state index contributed by atoms with van der Waals surface area (Å²) in [7, 11) is 0. The molecule has 0 bridgehead atoms. The first-order chi connectivity index (χ1) is 9.34. The highest BCUT2D eigenvalue weighted by molar-refractivity contribution is 5.81. The van der Waals surface area contributed by atoms with Crippen LogP contribution in [0.3, 0.4) is 0 Å². The number of benzene rings is 1. The lowest BCUT2D eigenvalue weighted by atomic mass is 10.2. The molecule has 3 rings (SSSR count). The molecule has 0 unspecified atom stereocenters. The monoisotopic (exact) mass is 257 g/mol. The first-order valence-corrected chi connectivity index (χ1v) is 6.86. The maximum Gasteiger partial charge on any atom is 0.258 e. The van der Waals surface area contributed by atoms with Crippen molar-refractivity contribution in [2.24, 2.45) is 0 Å². The van der Waals surface area contributed by atoms with Gasteiger partial charge in [-0.25, -0.2) is 0 Å². The van der Waals surface area contributed by atoms with E-state index in [0.717, 1.165) is 50.0 Å². The molecule has 4 heteroatoms. The Balaban J connectivity index is 1.77. The molecule has 19 heavy (non-hydrogen) atoms. The third-order valence-corrected chi connectivity index (χ3v) is 3.75. The maximum atomic E-state index is 12.3. The largest absolute Gasteiger partial charge is 0.314 e. The first kappa shape index (κ1) is 12.4. The Morgan fingerprint density at radius 3 is 2.68 bits per heavy atom. The molecule has 0 amide bonds. The molecule has 0 radical (unpaired) electrons. The second-order valence-corrected chi connectivity index (χ2v) is 4.99. The van der Waals surface area contributed by atoms with Crippen molar-refractivity contribution in [3.63, 3.8) is 0 Å². The average Bonchev–Trinajstić information content (AvgIpc) is 2.48. The Hall–Kier alpha value is -1.65. The van der Waals surface area contributed by atoms with E-state index < -0.39 is 0 Å². The third-order valence-electron chi connectivity index (χ3n) is 3.75. The van der Waals surface area contributed by atoms with Crippen molar-refractivity contribution >= 4 is 10.8 Å². The summed E-state index contributed by atoms with van der Waals surface area (Å²) in [5.41, 5.74) is 0.119. The first-order valence-electron chi connectivity index (χ1n) is 6.86. The number of hydrogen-bond acceptors (Lipinski definition) is 3. The molecule has 0 spiro atoms. The van der Waals surface area contributed by atoms with Crippen molar-refractivity contribution in [2.45, 2.75) is 6.54 Å². The van der Waals surface area contributed by atoms with E-state index >= 15 is 0 Å². The number of piperazine rings is 1. The van der Waals surface area contributed by atoms with E-state index in [-0.39, 0.29) is 5.56 Å². The van der Waals surface area contributed by atoms with E-state index in [1.54, 1.807) is 0 Å². The molecule has 1 saturated heterocycles. The van der Waals surface area contributed by atoms with Crippen molar-refractivity contribution < 1.29 is 0 Å². The van der Waals surface area contributed by atoms with E-state index in [4.69, 9.17) is 0 Å². The van der Waals surface area contributed by atoms with Crippen LogP contribution in [0.15, 0.2) is 41.3 Å². The van der Waals surface area contributed by atoms with Crippen molar-refractivity contribution in [2.75, 3.05) is 32.7 Å². The predicted octanol–water partition coefficient (Wildman–Crippen LogP) is 0.907. The van der Waals surface area contributed by atoms with Crippen molar-refractivity contribution in [1.82, 2.24) is 14.8 Å². The minimum atomic E-state index is 0.119. The zero-order valence-corrected chi connectivity index (χ0v) is 11.0. The van der Waals surface area contributed by atoms with Crippen LogP contribution in [0.5, 0.6) is 0 Å². The van der Waals surface area contributed by atoms with Gasteiger partial charge in [-0.3, -0.25) is 9.69 Å². The van der Waals surface area contributed by atoms with Crippen molar-refractivity contribution in [3.05, 3.63) is 46.9 Å². The van der Waals surface area contributed by atoms with Gasteiger partial charge in [-0.05, 0) is 17.5 Å². The molecule has 0 atom stereocenters. The summed E-state index contributed by atoms with van der Waals surface area (Å²) in [5.74, 6) is 0. The third kappa shape index (κ3) is 2.69.